The molecule has 1 unspecified atom stereocenters. The summed E-state index contributed by atoms with van der Waals surface area (Å²) >= 11 is 0. The minimum Gasteiger partial charge on any atom is -0.480 e. The first-order valence-corrected chi connectivity index (χ1v) is 6.90. The molecular weight excluding hydrogens is 244 g/mol. The highest BCUT2D eigenvalue weighted by molar-refractivity contribution is 5.83. The number of carbonyl (C=O) groups excluding carboxylic acids is 1. The predicted molar refractivity (Wildman–Crippen MR) is 74.1 cm³/mol. The molecule has 5 heteroatoms. The van der Waals surface area contributed by atoms with Crippen LogP contribution in [-0.2, 0) is 4.79 Å². The van der Waals surface area contributed by atoms with Gasteiger partial charge in [-0.3, -0.25) is 0 Å². The SMILES string of the molecule is C=C(C)CN(CC)C(=O)N1CCCCCC1C(=O)O. The molecule has 1 aliphatic heterocycles. The van der Waals surface area contributed by atoms with Crippen LogP contribution in [0.2, 0.25) is 0 Å². The van der Waals surface area contributed by atoms with Gasteiger partial charge >= 0.3 is 12.0 Å². The monoisotopic (exact) mass is 268 g/mol. The number of nitrogens with zero attached hydrogens (tertiary/aromatic N) is 2. The lowest BCUT2D eigenvalue weighted by Crippen LogP contribution is -2.51. The fourth-order valence-corrected chi connectivity index (χ4v) is 2.42. The molecular formula is C14H24N2O3. The van der Waals surface area contributed by atoms with Crippen LogP contribution in [0.25, 0.3) is 0 Å². The quantitative estimate of drug-likeness (QED) is 0.796. The van der Waals surface area contributed by atoms with Crippen molar-refractivity contribution in [3.05, 3.63) is 12.2 Å². The summed E-state index contributed by atoms with van der Waals surface area (Å²) in [5.41, 5.74) is 0.900. The number of hydrogen-bond donors (Lipinski definition) is 1. The highest BCUT2D eigenvalue weighted by Crippen LogP contribution is 2.19. The Bertz CT molecular complexity index is 355. The molecule has 2 amide bonds. The molecule has 1 heterocycles. The Balaban J connectivity index is 2.84. The zero-order valence-corrected chi connectivity index (χ0v) is 11.9. The lowest BCUT2D eigenvalue weighted by atomic mass is 10.1. The maximum absolute atomic E-state index is 12.5. The molecule has 19 heavy (non-hydrogen) atoms. The molecule has 5 nitrogen and oxygen atoms in total. The van der Waals surface area contributed by atoms with E-state index in [0.29, 0.717) is 26.1 Å². The van der Waals surface area contributed by atoms with Crippen molar-refractivity contribution >= 4 is 12.0 Å². The number of hydrogen-bond acceptors (Lipinski definition) is 2. The highest BCUT2D eigenvalue weighted by atomic mass is 16.4. The van der Waals surface area contributed by atoms with E-state index < -0.39 is 12.0 Å². The zero-order valence-electron chi connectivity index (χ0n) is 11.9. The molecule has 0 spiro atoms. The third-order valence-electron chi connectivity index (χ3n) is 3.40. The Morgan fingerprint density at radius 1 is 1.37 bits per heavy atom. The summed E-state index contributed by atoms with van der Waals surface area (Å²) in [5.74, 6) is -0.901. The van der Waals surface area contributed by atoms with Gasteiger partial charge in [0.05, 0.1) is 0 Å². The Kier molecular flexibility index (Phi) is 5.86. The smallest absolute Gasteiger partial charge is 0.326 e. The van der Waals surface area contributed by atoms with Crippen molar-refractivity contribution in [1.82, 2.24) is 9.80 Å². The number of aliphatic carboxylic acids is 1. The largest absolute Gasteiger partial charge is 0.480 e. The first-order valence-electron chi connectivity index (χ1n) is 6.90. The molecule has 1 N–H and O–H groups in total. The number of rotatable bonds is 4. The van der Waals surface area contributed by atoms with E-state index in [9.17, 15) is 14.7 Å². The number of carbonyl (C=O) groups is 2. The van der Waals surface area contributed by atoms with Gasteiger partial charge in [-0.25, -0.2) is 9.59 Å². The van der Waals surface area contributed by atoms with Gasteiger partial charge in [0.15, 0.2) is 0 Å². The predicted octanol–water partition coefficient (Wildman–Crippen LogP) is 2.33. The van der Waals surface area contributed by atoms with Crippen LogP contribution >= 0.6 is 0 Å². The molecule has 0 aromatic heterocycles. The van der Waals surface area contributed by atoms with Crippen molar-refractivity contribution in [2.45, 2.75) is 45.6 Å². The number of likely N-dealkylation sites (N-methyl/N-ethyl adjacent to an activating group) is 1. The molecule has 0 aliphatic carbocycles. The Morgan fingerprint density at radius 2 is 2.05 bits per heavy atom. The van der Waals surface area contributed by atoms with Crippen LogP contribution in [0.15, 0.2) is 12.2 Å². The molecule has 1 fully saturated rings. The van der Waals surface area contributed by atoms with Gasteiger partial charge in [-0.15, -0.1) is 0 Å². The lowest BCUT2D eigenvalue weighted by Gasteiger charge is -2.32. The summed E-state index contributed by atoms with van der Waals surface area (Å²) in [6.45, 7) is 9.16. The third kappa shape index (κ3) is 4.26. The van der Waals surface area contributed by atoms with E-state index in [2.05, 4.69) is 6.58 Å². The van der Waals surface area contributed by atoms with Crippen molar-refractivity contribution < 1.29 is 14.7 Å². The van der Waals surface area contributed by atoms with E-state index in [1.54, 1.807) is 4.90 Å². The maximum atomic E-state index is 12.5. The second kappa shape index (κ2) is 7.16. The fraction of sp³-hybridized carbons (Fsp3) is 0.714. The van der Waals surface area contributed by atoms with Crippen LogP contribution in [0.3, 0.4) is 0 Å². The second-order valence-corrected chi connectivity index (χ2v) is 5.15. The molecule has 0 saturated carbocycles. The van der Waals surface area contributed by atoms with Gasteiger partial charge in [0.25, 0.3) is 0 Å². The molecule has 0 aromatic rings. The van der Waals surface area contributed by atoms with Gasteiger partial charge in [0.2, 0.25) is 0 Å². The van der Waals surface area contributed by atoms with Crippen molar-refractivity contribution in [2.75, 3.05) is 19.6 Å². The van der Waals surface area contributed by atoms with E-state index in [-0.39, 0.29) is 6.03 Å². The molecule has 1 atom stereocenters. The zero-order chi connectivity index (χ0) is 14.4. The van der Waals surface area contributed by atoms with E-state index in [1.807, 2.05) is 13.8 Å². The van der Waals surface area contributed by atoms with Gasteiger partial charge in [-0.2, -0.15) is 0 Å². The van der Waals surface area contributed by atoms with Crippen LogP contribution < -0.4 is 0 Å². The molecule has 1 aliphatic rings. The molecule has 0 radical (unpaired) electrons. The normalized spacial score (nSPS) is 19.7. The Morgan fingerprint density at radius 3 is 2.58 bits per heavy atom. The highest BCUT2D eigenvalue weighted by Gasteiger charge is 2.32. The van der Waals surface area contributed by atoms with Gasteiger partial charge in [-0.1, -0.05) is 25.0 Å². The third-order valence-corrected chi connectivity index (χ3v) is 3.40. The summed E-state index contributed by atoms with van der Waals surface area (Å²) in [7, 11) is 0. The van der Waals surface area contributed by atoms with Gasteiger partial charge in [0, 0.05) is 19.6 Å². The Hall–Kier alpha value is -1.52. The topological polar surface area (TPSA) is 60.9 Å². The molecule has 0 aromatic carbocycles. The number of amides is 2. The molecule has 108 valence electrons. The van der Waals surface area contributed by atoms with Crippen LogP contribution in [0, 0.1) is 0 Å². The minimum absolute atomic E-state index is 0.181. The summed E-state index contributed by atoms with van der Waals surface area (Å²) < 4.78 is 0. The first-order chi connectivity index (χ1) is 8.97. The Labute approximate surface area is 114 Å². The van der Waals surface area contributed by atoms with E-state index in [4.69, 9.17) is 0 Å². The summed E-state index contributed by atoms with van der Waals surface area (Å²) in [4.78, 5) is 27.0. The van der Waals surface area contributed by atoms with E-state index in [0.717, 1.165) is 24.8 Å². The van der Waals surface area contributed by atoms with Crippen LogP contribution in [-0.4, -0.2) is 52.6 Å². The number of urea groups is 1. The number of carboxylic acids is 1. The van der Waals surface area contributed by atoms with Crippen LogP contribution in [0.5, 0.6) is 0 Å². The molecule has 1 saturated heterocycles. The van der Waals surface area contributed by atoms with Crippen molar-refractivity contribution in [2.24, 2.45) is 0 Å². The maximum Gasteiger partial charge on any atom is 0.326 e. The number of carboxylic acid groups (broad SMARTS) is 1. The van der Waals surface area contributed by atoms with Crippen LogP contribution in [0.4, 0.5) is 4.79 Å². The van der Waals surface area contributed by atoms with Crippen LogP contribution in [0.1, 0.15) is 39.5 Å². The van der Waals surface area contributed by atoms with E-state index in [1.165, 1.54) is 4.90 Å². The lowest BCUT2D eigenvalue weighted by molar-refractivity contribution is -0.142. The van der Waals surface area contributed by atoms with E-state index >= 15 is 0 Å². The standard InChI is InChI=1S/C14H24N2O3/c1-4-15(10-11(2)3)14(19)16-9-7-5-6-8-12(16)13(17)18/h12H,2,4-10H2,1,3H3,(H,17,18). The molecule has 1 rings (SSSR count). The average molecular weight is 268 g/mol. The van der Waals surface area contributed by atoms with Gasteiger partial charge < -0.3 is 14.9 Å². The van der Waals surface area contributed by atoms with Crippen molar-refractivity contribution in [1.29, 1.82) is 0 Å². The second-order valence-electron chi connectivity index (χ2n) is 5.15. The van der Waals surface area contributed by atoms with Gasteiger partial charge in [0.1, 0.15) is 6.04 Å². The summed E-state index contributed by atoms with van der Waals surface area (Å²) in [5, 5.41) is 9.29. The summed E-state index contributed by atoms with van der Waals surface area (Å²) in [6.07, 6.45) is 3.28. The van der Waals surface area contributed by atoms with Gasteiger partial charge in [-0.05, 0) is 26.7 Å². The minimum atomic E-state index is -0.901. The fourth-order valence-electron chi connectivity index (χ4n) is 2.42. The molecule has 0 bridgehead atoms. The first kappa shape index (κ1) is 15.5. The summed E-state index contributed by atoms with van der Waals surface area (Å²) in [6, 6.07) is -0.867. The average Bonchev–Trinajstić information content (AvgIpc) is 2.60. The van der Waals surface area contributed by atoms with Crippen molar-refractivity contribution in [3.63, 3.8) is 0 Å². The van der Waals surface area contributed by atoms with Crippen molar-refractivity contribution in [3.8, 4) is 0 Å². The number of likely N-dealkylation sites (tertiary alicyclic amines) is 1.